The zero-order valence-corrected chi connectivity index (χ0v) is 13.4. The van der Waals surface area contributed by atoms with Crippen molar-refractivity contribution in [1.29, 1.82) is 0 Å². The zero-order valence-electron chi connectivity index (χ0n) is 11.0. The Hall–Kier alpha value is -1.72. The lowest BCUT2D eigenvalue weighted by molar-refractivity contribution is 0.0450. The number of nitrogens with two attached hydrogens (primary N) is 1. The Balaban J connectivity index is 1.82. The molecule has 0 saturated carbocycles. The molecule has 2 rings (SSSR count). The lowest BCUT2D eigenvalue weighted by atomic mass is 10.2. The van der Waals surface area contributed by atoms with Crippen molar-refractivity contribution in [2.75, 3.05) is 18.9 Å². The highest BCUT2D eigenvalue weighted by Gasteiger charge is 2.13. The quantitative estimate of drug-likeness (QED) is 0.492. The molecule has 6 heteroatoms. The van der Waals surface area contributed by atoms with Crippen LogP contribution in [0.2, 0.25) is 5.02 Å². The average Bonchev–Trinajstić information content (AvgIpc) is 2.48. The van der Waals surface area contributed by atoms with E-state index in [-0.39, 0.29) is 23.8 Å². The Morgan fingerprint density at radius 2 is 1.86 bits per heavy atom. The summed E-state index contributed by atoms with van der Waals surface area (Å²) in [6.07, 6.45) is 0. The standard InChI is InChI=1S/C15H13BrClNO3/c16-10-4-6-11(7-5-10)20-8-9-21-15(19)12-2-1-3-13(18)14(12)17/h1-7H,8-9,18H2. The van der Waals surface area contributed by atoms with Gasteiger partial charge in [0.15, 0.2) is 0 Å². The number of ether oxygens (including phenoxy) is 2. The molecule has 0 radical (unpaired) electrons. The molecule has 2 aromatic carbocycles. The Kier molecular flexibility index (Phi) is 5.47. The molecule has 0 aliphatic rings. The molecule has 110 valence electrons. The fourth-order valence-corrected chi connectivity index (χ4v) is 2.08. The number of carbonyl (C=O) groups is 1. The van der Waals surface area contributed by atoms with E-state index in [1.807, 2.05) is 24.3 Å². The first-order valence-corrected chi connectivity index (χ1v) is 7.34. The van der Waals surface area contributed by atoms with Crippen LogP contribution in [0.25, 0.3) is 0 Å². The minimum Gasteiger partial charge on any atom is -0.490 e. The fourth-order valence-electron chi connectivity index (χ4n) is 1.61. The molecule has 2 aromatic rings. The molecule has 0 aliphatic carbocycles. The molecule has 2 N–H and O–H groups in total. The summed E-state index contributed by atoms with van der Waals surface area (Å²) in [7, 11) is 0. The van der Waals surface area contributed by atoms with Crippen LogP contribution in [0.1, 0.15) is 10.4 Å². The van der Waals surface area contributed by atoms with Crippen molar-refractivity contribution >= 4 is 39.2 Å². The zero-order chi connectivity index (χ0) is 15.2. The summed E-state index contributed by atoms with van der Waals surface area (Å²) in [4.78, 5) is 11.8. The monoisotopic (exact) mass is 369 g/mol. The van der Waals surface area contributed by atoms with Crippen molar-refractivity contribution in [3.8, 4) is 5.75 Å². The molecule has 0 bridgehead atoms. The molecule has 4 nitrogen and oxygen atoms in total. The number of nitrogen functional groups attached to an aromatic ring is 1. The Morgan fingerprint density at radius 3 is 2.57 bits per heavy atom. The van der Waals surface area contributed by atoms with Gasteiger partial charge in [0.05, 0.1) is 16.3 Å². The minimum absolute atomic E-state index is 0.125. The second-order valence-electron chi connectivity index (χ2n) is 4.15. The maximum atomic E-state index is 11.8. The summed E-state index contributed by atoms with van der Waals surface area (Å²) >= 11 is 9.29. The van der Waals surface area contributed by atoms with Gasteiger partial charge in [-0.1, -0.05) is 33.6 Å². The maximum absolute atomic E-state index is 11.8. The van der Waals surface area contributed by atoms with Crippen molar-refractivity contribution in [3.05, 3.63) is 57.5 Å². The van der Waals surface area contributed by atoms with Gasteiger partial charge in [0.1, 0.15) is 19.0 Å². The maximum Gasteiger partial charge on any atom is 0.339 e. The first-order valence-electron chi connectivity index (χ1n) is 6.17. The van der Waals surface area contributed by atoms with Crippen LogP contribution in [-0.2, 0) is 4.74 Å². The van der Waals surface area contributed by atoms with Crippen LogP contribution in [0, 0.1) is 0 Å². The van der Waals surface area contributed by atoms with Crippen molar-refractivity contribution in [3.63, 3.8) is 0 Å². The smallest absolute Gasteiger partial charge is 0.339 e. The lowest BCUT2D eigenvalue weighted by Crippen LogP contribution is -2.13. The Labute approximate surface area is 135 Å². The number of rotatable bonds is 5. The summed E-state index contributed by atoms with van der Waals surface area (Å²) in [5, 5.41) is 0.205. The Bertz CT molecular complexity index is 631. The third kappa shape index (κ3) is 4.37. The van der Waals surface area contributed by atoms with Gasteiger partial charge in [-0.05, 0) is 36.4 Å². The molecule has 0 unspecified atom stereocenters. The number of halogens is 2. The summed E-state index contributed by atoms with van der Waals surface area (Å²) in [5.41, 5.74) is 6.23. The third-order valence-corrected chi connectivity index (χ3v) is 3.60. The summed E-state index contributed by atoms with van der Waals surface area (Å²) in [6.45, 7) is 0.382. The normalized spacial score (nSPS) is 10.2. The minimum atomic E-state index is -0.522. The van der Waals surface area contributed by atoms with Crippen molar-refractivity contribution in [1.82, 2.24) is 0 Å². The molecule has 0 spiro atoms. The van der Waals surface area contributed by atoms with Gasteiger partial charge in [0.2, 0.25) is 0 Å². The highest BCUT2D eigenvalue weighted by Crippen LogP contribution is 2.23. The van der Waals surface area contributed by atoms with Gasteiger partial charge in [0.25, 0.3) is 0 Å². The molecular weight excluding hydrogens is 358 g/mol. The summed E-state index contributed by atoms with van der Waals surface area (Å²) in [6, 6.07) is 12.2. The number of hydrogen-bond donors (Lipinski definition) is 1. The van der Waals surface area contributed by atoms with Crippen LogP contribution in [0.15, 0.2) is 46.9 Å². The van der Waals surface area contributed by atoms with Gasteiger partial charge in [-0.2, -0.15) is 0 Å². The van der Waals surface area contributed by atoms with Crippen LogP contribution in [0.4, 0.5) is 5.69 Å². The van der Waals surface area contributed by atoms with Crippen LogP contribution in [0.3, 0.4) is 0 Å². The molecule has 0 amide bonds. The van der Waals surface area contributed by atoms with Gasteiger partial charge in [-0.25, -0.2) is 4.79 Å². The molecule has 0 heterocycles. The first-order chi connectivity index (χ1) is 10.1. The average molecular weight is 371 g/mol. The van der Waals surface area contributed by atoms with Crippen LogP contribution < -0.4 is 10.5 Å². The van der Waals surface area contributed by atoms with E-state index in [0.29, 0.717) is 11.4 Å². The highest BCUT2D eigenvalue weighted by atomic mass is 79.9. The molecular formula is C15H13BrClNO3. The topological polar surface area (TPSA) is 61.6 Å². The largest absolute Gasteiger partial charge is 0.490 e. The number of anilines is 1. The van der Waals surface area contributed by atoms with E-state index < -0.39 is 5.97 Å². The molecule has 0 atom stereocenters. The predicted molar refractivity (Wildman–Crippen MR) is 85.8 cm³/mol. The fraction of sp³-hybridized carbons (Fsp3) is 0.133. The van der Waals surface area contributed by atoms with E-state index in [9.17, 15) is 4.79 Å². The summed E-state index contributed by atoms with van der Waals surface area (Å²) in [5.74, 6) is 0.183. The van der Waals surface area contributed by atoms with E-state index in [1.165, 1.54) is 0 Å². The highest BCUT2D eigenvalue weighted by molar-refractivity contribution is 9.10. The number of benzene rings is 2. The lowest BCUT2D eigenvalue weighted by Gasteiger charge is -2.09. The summed E-state index contributed by atoms with van der Waals surface area (Å²) < 4.78 is 11.5. The molecule has 0 fully saturated rings. The van der Waals surface area contributed by atoms with Crippen molar-refractivity contribution < 1.29 is 14.3 Å². The molecule has 21 heavy (non-hydrogen) atoms. The van der Waals surface area contributed by atoms with Crippen molar-refractivity contribution in [2.45, 2.75) is 0 Å². The van der Waals surface area contributed by atoms with Gasteiger partial charge in [-0.15, -0.1) is 0 Å². The number of hydrogen-bond acceptors (Lipinski definition) is 4. The molecule has 0 aliphatic heterocycles. The van der Waals surface area contributed by atoms with Gasteiger partial charge < -0.3 is 15.2 Å². The van der Waals surface area contributed by atoms with Gasteiger partial charge >= 0.3 is 5.97 Å². The van der Waals surface area contributed by atoms with Crippen molar-refractivity contribution in [2.24, 2.45) is 0 Å². The molecule has 0 aromatic heterocycles. The first kappa shape index (κ1) is 15.7. The van der Waals surface area contributed by atoms with E-state index >= 15 is 0 Å². The SMILES string of the molecule is Nc1cccc(C(=O)OCCOc2ccc(Br)cc2)c1Cl. The second-order valence-corrected chi connectivity index (χ2v) is 5.44. The van der Waals surface area contributed by atoms with E-state index in [1.54, 1.807) is 18.2 Å². The van der Waals surface area contributed by atoms with Gasteiger partial charge in [-0.3, -0.25) is 0 Å². The number of esters is 1. The second kappa shape index (κ2) is 7.33. The van der Waals surface area contributed by atoms with E-state index in [2.05, 4.69) is 15.9 Å². The van der Waals surface area contributed by atoms with E-state index in [4.69, 9.17) is 26.8 Å². The van der Waals surface area contributed by atoms with Crippen LogP contribution in [0.5, 0.6) is 5.75 Å². The van der Waals surface area contributed by atoms with Crippen LogP contribution >= 0.6 is 27.5 Å². The van der Waals surface area contributed by atoms with E-state index in [0.717, 1.165) is 4.47 Å². The Morgan fingerprint density at radius 1 is 1.14 bits per heavy atom. The third-order valence-electron chi connectivity index (χ3n) is 2.65. The molecule has 0 saturated heterocycles. The van der Waals surface area contributed by atoms with Gasteiger partial charge in [0, 0.05) is 4.47 Å². The van der Waals surface area contributed by atoms with Crippen LogP contribution in [-0.4, -0.2) is 19.2 Å². The predicted octanol–water partition coefficient (Wildman–Crippen LogP) is 3.92. The number of carbonyl (C=O) groups excluding carboxylic acids is 1.